The van der Waals surface area contributed by atoms with Crippen LogP contribution >= 0.6 is 0 Å². The largest absolute Gasteiger partial charge is 0.361 e. The zero-order valence-corrected chi connectivity index (χ0v) is 21.8. The minimum absolute atomic E-state index is 0.0259. The fourth-order valence-corrected chi connectivity index (χ4v) is 7.94. The Morgan fingerprint density at radius 1 is 0.919 bits per heavy atom. The summed E-state index contributed by atoms with van der Waals surface area (Å²) in [5, 5.41) is 7.47. The van der Waals surface area contributed by atoms with E-state index in [1.54, 1.807) is 0 Å². The van der Waals surface area contributed by atoms with Gasteiger partial charge in [-0.1, -0.05) is 48.5 Å². The molecule has 0 radical (unpaired) electrons. The van der Waals surface area contributed by atoms with Gasteiger partial charge in [0.05, 0.1) is 0 Å². The Labute approximate surface area is 219 Å². The summed E-state index contributed by atoms with van der Waals surface area (Å²) in [6.45, 7) is 2.43. The first-order valence-electron chi connectivity index (χ1n) is 14.1. The predicted molar refractivity (Wildman–Crippen MR) is 147 cm³/mol. The zero-order valence-electron chi connectivity index (χ0n) is 21.8. The molecule has 4 aliphatic rings. The van der Waals surface area contributed by atoms with E-state index in [0.717, 1.165) is 34.7 Å². The lowest BCUT2D eigenvalue weighted by Gasteiger charge is -2.54. The molecule has 4 bridgehead atoms. The van der Waals surface area contributed by atoms with Gasteiger partial charge in [-0.15, -0.1) is 0 Å². The van der Waals surface area contributed by atoms with Crippen molar-refractivity contribution in [1.82, 2.24) is 15.6 Å². The van der Waals surface area contributed by atoms with Gasteiger partial charge in [0, 0.05) is 36.5 Å². The smallest absolute Gasteiger partial charge is 0.245 e. The van der Waals surface area contributed by atoms with Gasteiger partial charge in [0.15, 0.2) is 0 Å². The SMILES string of the molecule is C[C@@](Cc1c[nH]c2ccccc12)(NC(=O)CC1C2CC3CC(C2)CC1C3)C(=O)NCCc1ccccc1. The van der Waals surface area contributed by atoms with Crippen molar-refractivity contribution in [2.45, 2.75) is 63.8 Å². The van der Waals surface area contributed by atoms with E-state index in [4.69, 9.17) is 0 Å². The fraction of sp³-hybridized carbons (Fsp3) is 0.500. The van der Waals surface area contributed by atoms with Gasteiger partial charge in [-0.05, 0) is 92.2 Å². The second kappa shape index (κ2) is 10.00. The molecular formula is C32H39N3O2. The Morgan fingerprint density at radius 2 is 1.59 bits per heavy atom. The molecule has 2 aromatic carbocycles. The summed E-state index contributed by atoms with van der Waals surface area (Å²) < 4.78 is 0. The molecule has 7 rings (SSSR count). The molecule has 1 heterocycles. The summed E-state index contributed by atoms with van der Waals surface area (Å²) >= 11 is 0. The molecule has 194 valence electrons. The summed E-state index contributed by atoms with van der Waals surface area (Å²) in [6, 6.07) is 18.3. The monoisotopic (exact) mass is 497 g/mol. The first kappa shape index (κ1) is 24.3. The van der Waals surface area contributed by atoms with Crippen molar-refractivity contribution in [3.05, 3.63) is 71.9 Å². The number of nitrogens with one attached hydrogen (secondary N) is 3. The second-order valence-corrected chi connectivity index (χ2v) is 12.2. The maximum atomic E-state index is 13.7. The van der Waals surface area contributed by atoms with Crippen LogP contribution < -0.4 is 10.6 Å². The van der Waals surface area contributed by atoms with Crippen LogP contribution in [0.15, 0.2) is 60.8 Å². The van der Waals surface area contributed by atoms with Gasteiger partial charge in [0.25, 0.3) is 0 Å². The lowest BCUT2D eigenvalue weighted by molar-refractivity contribution is -0.135. The van der Waals surface area contributed by atoms with Crippen LogP contribution in [0.5, 0.6) is 0 Å². The number of aromatic amines is 1. The normalized spacial score (nSPS) is 27.6. The molecule has 0 unspecified atom stereocenters. The van der Waals surface area contributed by atoms with Crippen molar-refractivity contribution < 1.29 is 9.59 Å². The maximum absolute atomic E-state index is 13.7. The Kier molecular flexibility index (Phi) is 6.56. The Balaban J connectivity index is 1.17. The highest BCUT2D eigenvalue weighted by Crippen LogP contribution is 2.57. The summed E-state index contributed by atoms with van der Waals surface area (Å²) in [6.07, 6.45) is 10.4. The lowest BCUT2D eigenvalue weighted by atomic mass is 9.51. The molecule has 2 amide bonds. The summed E-state index contributed by atoms with van der Waals surface area (Å²) in [5.74, 6) is 3.56. The summed E-state index contributed by atoms with van der Waals surface area (Å²) in [4.78, 5) is 30.5. The fourth-order valence-electron chi connectivity index (χ4n) is 7.94. The van der Waals surface area contributed by atoms with E-state index in [2.05, 4.69) is 33.8 Å². The van der Waals surface area contributed by atoms with Gasteiger partial charge < -0.3 is 15.6 Å². The van der Waals surface area contributed by atoms with Crippen molar-refractivity contribution in [3.63, 3.8) is 0 Å². The third-order valence-electron chi connectivity index (χ3n) is 9.52. The maximum Gasteiger partial charge on any atom is 0.245 e. The topological polar surface area (TPSA) is 74.0 Å². The average Bonchev–Trinajstić information content (AvgIpc) is 3.29. The van der Waals surface area contributed by atoms with Crippen molar-refractivity contribution in [1.29, 1.82) is 0 Å². The first-order valence-corrected chi connectivity index (χ1v) is 14.1. The average molecular weight is 498 g/mol. The molecule has 0 saturated heterocycles. The minimum atomic E-state index is -1.02. The molecule has 1 aromatic heterocycles. The molecule has 4 aliphatic carbocycles. The number of hydrogen-bond acceptors (Lipinski definition) is 2. The Bertz CT molecular complexity index is 1240. The van der Waals surface area contributed by atoms with Crippen LogP contribution in [0, 0.1) is 29.6 Å². The summed E-state index contributed by atoms with van der Waals surface area (Å²) in [5.41, 5.74) is 2.26. The number of benzene rings is 2. The highest BCUT2D eigenvalue weighted by molar-refractivity contribution is 5.92. The van der Waals surface area contributed by atoms with Crippen LogP contribution in [0.25, 0.3) is 10.9 Å². The molecule has 0 spiro atoms. The molecule has 5 nitrogen and oxygen atoms in total. The number of carbonyl (C=O) groups is 2. The third-order valence-corrected chi connectivity index (χ3v) is 9.52. The lowest BCUT2D eigenvalue weighted by Crippen LogP contribution is -2.59. The number of amides is 2. The number of H-pyrrole nitrogens is 1. The molecule has 37 heavy (non-hydrogen) atoms. The van der Waals surface area contributed by atoms with Crippen LogP contribution in [0.1, 0.15) is 56.6 Å². The molecule has 0 aliphatic heterocycles. The van der Waals surface area contributed by atoms with Crippen LogP contribution in [-0.2, 0) is 22.4 Å². The highest BCUT2D eigenvalue weighted by Gasteiger charge is 2.49. The van der Waals surface area contributed by atoms with Gasteiger partial charge in [-0.2, -0.15) is 0 Å². The van der Waals surface area contributed by atoms with Gasteiger partial charge in [-0.25, -0.2) is 0 Å². The number of rotatable bonds is 9. The van der Waals surface area contributed by atoms with Crippen molar-refractivity contribution in [3.8, 4) is 0 Å². The molecule has 4 fully saturated rings. The highest BCUT2D eigenvalue weighted by atomic mass is 16.2. The van der Waals surface area contributed by atoms with E-state index in [1.807, 2.05) is 49.5 Å². The molecule has 3 aromatic rings. The number of carbonyl (C=O) groups excluding carboxylic acids is 2. The molecular weight excluding hydrogens is 458 g/mol. The van der Waals surface area contributed by atoms with E-state index < -0.39 is 5.54 Å². The van der Waals surface area contributed by atoms with Crippen LogP contribution in [0.3, 0.4) is 0 Å². The predicted octanol–water partition coefficient (Wildman–Crippen LogP) is 5.41. The van der Waals surface area contributed by atoms with Crippen LogP contribution in [-0.4, -0.2) is 28.9 Å². The molecule has 4 saturated carbocycles. The van der Waals surface area contributed by atoms with E-state index in [-0.39, 0.29) is 11.8 Å². The van der Waals surface area contributed by atoms with Gasteiger partial charge in [-0.3, -0.25) is 9.59 Å². The van der Waals surface area contributed by atoms with E-state index in [0.29, 0.717) is 37.1 Å². The second-order valence-electron chi connectivity index (χ2n) is 12.2. The van der Waals surface area contributed by atoms with Gasteiger partial charge >= 0.3 is 0 Å². The van der Waals surface area contributed by atoms with E-state index >= 15 is 0 Å². The van der Waals surface area contributed by atoms with Gasteiger partial charge in [0.1, 0.15) is 5.54 Å². The number of para-hydroxylation sites is 1. The standard InChI is InChI=1S/C32H39N3O2/c1-32(19-26-20-34-29-10-6-5-9-27(26)29,31(37)33-12-11-21-7-3-2-4-8-21)35-30(36)18-28-24-14-22-13-23(16-24)17-25(28)15-22/h2-10,20,22-25,28,34H,11-19H2,1H3,(H,33,37)(H,35,36)/t22?,23?,24?,25?,28?,32-/m0/s1. The van der Waals surface area contributed by atoms with Crippen LogP contribution in [0.4, 0.5) is 0 Å². The van der Waals surface area contributed by atoms with E-state index in [9.17, 15) is 9.59 Å². The number of aromatic nitrogens is 1. The van der Waals surface area contributed by atoms with Crippen molar-refractivity contribution in [2.75, 3.05) is 6.54 Å². The first-order chi connectivity index (χ1) is 18.0. The summed E-state index contributed by atoms with van der Waals surface area (Å²) in [7, 11) is 0. The third kappa shape index (κ3) is 5.05. The molecule has 3 N–H and O–H groups in total. The zero-order chi connectivity index (χ0) is 25.4. The molecule has 5 heteroatoms. The minimum Gasteiger partial charge on any atom is -0.361 e. The Hall–Kier alpha value is -3.08. The quantitative estimate of drug-likeness (QED) is 0.370. The van der Waals surface area contributed by atoms with Crippen molar-refractivity contribution >= 4 is 22.7 Å². The van der Waals surface area contributed by atoms with Crippen LogP contribution in [0.2, 0.25) is 0 Å². The number of fused-ring (bicyclic) bond motifs is 1. The Morgan fingerprint density at radius 3 is 2.32 bits per heavy atom. The van der Waals surface area contributed by atoms with Crippen molar-refractivity contribution in [2.24, 2.45) is 29.6 Å². The van der Waals surface area contributed by atoms with Gasteiger partial charge in [0.2, 0.25) is 11.8 Å². The molecule has 1 atom stereocenters. The van der Waals surface area contributed by atoms with E-state index in [1.165, 1.54) is 37.7 Å². The number of hydrogen-bond donors (Lipinski definition) is 3.